The molecule has 0 saturated heterocycles. The van der Waals surface area contributed by atoms with E-state index in [9.17, 15) is 0 Å². The molecule has 4 aromatic rings. The fraction of sp³-hybridized carbons (Fsp3) is 0.0741. The Morgan fingerprint density at radius 1 is 0.806 bits per heavy atom. The summed E-state index contributed by atoms with van der Waals surface area (Å²) in [4.78, 5) is 0. The van der Waals surface area contributed by atoms with Gasteiger partial charge in [0.2, 0.25) is 0 Å². The van der Waals surface area contributed by atoms with Crippen LogP contribution in [0.5, 0.6) is 0 Å². The van der Waals surface area contributed by atoms with E-state index in [1.165, 1.54) is 44.2 Å². The van der Waals surface area contributed by atoms with Crippen LogP contribution >= 0.6 is 18.6 Å². The molecule has 0 fully saturated rings. The fourth-order valence-corrected chi connectivity index (χ4v) is 4.50. The molecule has 5 rings (SSSR count). The normalized spacial score (nSPS) is 14.0. The first-order valence-corrected chi connectivity index (χ1v) is 14.1. The molecule has 0 amide bonds. The van der Waals surface area contributed by atoms with E-state index in [0.717, 1.165) is 5.56 Å². The number of fused-ring (bicyclic) bond motifs is 2. The third-order valence-corrected chi connectivity index (χ3v) is 5.71. The van der Waals surface area contributed by atoms with Crippen LogP contribution < -0.4 is 0 Å². The summed E-state index contributed by atoms with van der Waals surface area (Å²) in [7, 11) is 9.78. The van der Waals surface area contributed by atoms with Gasteiger partial charge in [0.1, 0.15) is 0 Å². The first kappa shape index (κ1) is 23.7. The largest absolute Gasteiger partial charge is 0.693 e. The van der Waals surface area contributed by atoms with Gasteiger partial charge in [0.25, 0.3) is 0 Å². The number of hydrogen-bond donors (Lipinski definition) is 0. The molecular weight excluding hydrogens is 457 g/mol. The first-order valence-electron chi connectivity index (χ1n) is 9.82. The molecule has 156 valence electrons. The molecule has 0 spiro atoms. The fourth-order valence-electron chi connectivity index (χ4n) is 4.50. The van der Waals surface area contributed by atoms with Crippen molar-refractivity contribution >= 4 is 35.5 Å². The maximum atomic E-state index is 4.89. The molecule has 4 aromatic carbocycles. The van der Waals surface area contributed by atoms with E-state index < -0.39 is 17.0 Å². The van der Waals surface area contributed by atoms with Crippen LogP contribution in [0.3, 0.4) is 0 Å². The van der Waals surface area contributed by atoms with Gasteiger partial charge in [-0.2, -0.15) is 12.5 Å². The van der Waals surface area contributed by atoms with Gasteiger partial charge in [-0.3, -0.25) is 0 Å². The van der Waals surface area contributed by atoms with E-state index >= 15 is 0 Å². The smallest absolute Gasteiger partial charge is 0.693 e. The van der Waals surface area contributed by atoms with Crippen molar-refractivity contribution in [1.29, 1.82) is 0 Å². The van der Waals surface area contributed by atoms with Crippen molar-refractivity contribution in [1.82, 2.24) is 0 Å². The van der Waals surface area contributed by atoms with Gasteiger partial charge in [0, 0.05) is 0 Å². The van der Waals surface area contributed by atoms with Crippen molar-refractivity contribution in [3.05, 3.63) is 126 Å². The van der Waals surface area contributed by atoms with Crippen LogP contribution in [0.1, 0.15) is 35.1 Å². The maximum Gasteiger partial charge on any atom is -0.693 e. The van der Waals surface area contributed by atoms with E-state index in [1.54, 1.807) is 0 Å². The van der Waals surface area contributed by atoms with Crippen LogP contribution in [-0.4, -0.2) is 0 Å². The Labute approximate surface area is 201 Å². The average molecular weight is 480 g/mol. The summed E-state index contributed by atoms with van der Waals surface area (Å²) >= 11 is -0.556. The zero-order valence-corrected chi connectivity index (χ0v) is 20.4. The summed E-state index contributed by atoms with van der Waals surface area (Å²) in [6.45, 7) is 6.81. The monoisotopic (exact) mass is 479 g/mol. The Kier molecular flexibility index (Phi) is 8.05. The van der Waals surface area contributed by atoms with Crippen LogP contribution in [0.4, 0.5) is 0 Å². The van der Waals surface area contributed by atoms with Gasteiger partial charge in [-0.25, -0.2) is 0 Å². The minimum absolute atomic E-state index is 0. The third-order valence-electron chi connectivity index (χ3n) is 5.71. The molecule has 31 heavy (non-hydrogen) atoms. The molecule has 1 unspecified atom stereocenters. The summed E-state index contributed by atoms with van der Waals surface area (Å²) in [5.74, 6) is 0.278. The molecule has 0 saturated carbocycles. The Morgan fingerprint density at radius 2 is 1.42 bits per heavy atom. The molecule has 1 nitrogen and oxygen atoms in total. The Morgan fingerprint density at radius 3 is 2.16 bits per heavy atom. The molecule has 0 bridgehead atoms. The molecule has 0 heterocycles. The zero-order valence-electron chi connectivity index (χ0n) is 17.3. The van der Waals surface area contributed by atoms with Gasteiger partial charge >= 0.3 is 35.6 Å². The Balaban J connectivity index is 0.000000645. The number of allylic oxidation sites excluding steroid dienone is 1. The predicted molar refractivity (Wildman–Crippen MR) is 133 cm³/mol. The van der Waals surface area contributed by atoms with Crippen molar-refractivity contribution < 1.29 is 17.0 Å². The molecule has 2 N–H and O–H groups in total. The van der Waals surface area contributed by atoms with Crippen molar-refractivity contribution in [2.45, 2.75) is 12.8 Å². The average Bonchev–Trinajstić information content (AvgIpc) is 3.10. The second kappa shape index (κ2) is 10.5. The number of rotatable bonds is 2. The molecule has 1 atom stereocenters. The van der Waals surface area contributed by atoms with E-state index in [-0.39, 0.29) is 12.1 Å². The third kappa shape index (κ3) is 4.62. The van der Waals surface area contributed by atoms with Gasteiger partial charge < -0.3 is 6.15 Å². The van der Waals surface area contributed by atoms with Gasteiger partial charge in [-0.1, -0.05) is 101 Å². The van der Waals surface area contributed by atoms with Gasteiger partial charge in [0.15, 0.2) is 0 Å². The second-order valence-electron chi connectivity index (χ2n) is 7.43. The van der Waals surface area contributed by atoms with Crippen LogP contribution in [0.15, 0.2) is 90.5 Å². The Hall–Kier alpha value is -2.00. The number of benzene rings is 4. The summed E-state index contributed by atoms with van der Waals surface area (Å²) in [6.07, 6.45) is 2.32. The number of nitrogens with two attached hydrogens (primary N) is 1. The summed E-state index contributed by atoms with van der Waals surface area (Å²) in [6, 6.07) is 30.4. The van der Waals surface area contributed by atoms with E-state index in [1.807, 2.05) is 0 Å². The number of hydrogen-bond acceptors (Lipinski definition) is 0. The van der Waals surface area contributed by atoms with E-state index in [4.69, 9.17) is 18.6 Å². The first-order chi connectivity index (χ1) is 14.7. The quantitative estimate of drug-likeness (QED) is 0.202. The molecule has 0 radical (unpaired) electrons. The van der Waals surface area contributed by atoms with E-state index in [2.05, 4.69) is 105 Å². The molecule has 1 aliphatic rings. The van der Waals surface area contributed by atoms with Crippen LogP contribution in [0, 0.1) is 6.92 Å². The van der Waals surface area contributed by atoms with Gasteiger partial charge in [-0.05, 0) is 29.4 Å². The standard InChI is InChI=1S/C27H21.2ClH.H2N.Ti/c1-18-16-21-12-6-8-14-23(21)26(18)25-17-22-13-7-9-15-24(22)27(19(25)2)20-10-4-3-5-11-20;;;;/h3-17,26H,2H2,1H3;2*1H;1H2;/q-1;;;-1;+2/p-2. The SMILES string of the molecule is [CH2-]c1c(C2C(C)=Cc3ccccc32)cc2ccccc2c1-c1ccccc1.[Cl][Ti][Cl].[NH2-]. The van der Waals surface area contributed by atoms with Crippen LogP contribution in [0.25, 0.3) is 34.1 Å². The van der Waals surface area contributed by atoms with Crippen LogP contribution in [-0.2, 0) is 17.0 Å². The van der Waals surface area contributed by atoms with Gasteiger partial charge in [-0.15, -0.1) is 17.2 Å². The summed E-state index contributed by atoms with van der Waals surface area (Å²) in [5.41, 5.74) is 9.02. The van der Waals surface area contributed by atoms with Crippen molar-refractivity contribution in [3.8, 4) is 11.1 Å². The summed E-state index contributed by atoms with van der Waals surface area (Å²) in [5, 5.41) is 2.54. The molecular formula is C27H23Cl2NTi-2. The van der Waals surface area contributed by atoms with Gasteiger partial charge in [0.05, 0.1) is 0 Å². The molecule has 0 aliphatic heterocycles. The van der Waals surface area contributed by atoms with Crippen LogP contribution in [0.2, 0.25) is 0 Å². The van der Waals surface area contributed by atoms with E-state index in [0.29, 0.717) is 0 Å². The van der Waals surface area contributed by atoms with Crippen molar-refractivity contribution in [3.63, 3.8) is 0 Å². The Bertz CT molecular complexity index is 1220. The predicted octanol–water partition coefficient (Wildman–Crippen LogP) is 9.33. The summed E-state index contributed by atoms with van der Waals surface area (Å²) < 4.78 is 0. The minimum Gasteiger partial charge on any atom is -0.693 e. The topological polar surface area (TPSA) is 33.5 Å². The van der Waals surface area contributed by atoms with Crippen molar-refractivity contribution in [2.75, 3.05) is 0 Å². The molecule has 0 aromatic heterocycles. The molecule has 4 heteroatoms. The maximum absolute atomic E-state index is 4.89. The second-order valence-corrected chi connectivity index (χ2v) is 10.0. The number of halogens is 2. The molecule has 1 aliphatic carbocycles. The minimum atomic E-state index is -0.556. The van der Waals surface area contributed by atoms with Crippen molar-refractivity contribution in [2.24, 2.45) is 0 Å². The zero-order chi connectivity index (χ0) is 21.1.